The molecule has 0 fully saturated rings. The summed E-state index contributed by atoms with van der Waals surface area (Å²) in [5.74, 6) is 0.442. The molecule has 0 spiro atoms. The van der Waals surface area contributed by atoms with E-state index in [0.717, 1.165) is 31.2 Å². The summed E-state index contributed by atoms with van der Waals surface area (Å²) in [5, 5.41) is 18.2. The van der Waals surface area contributed by atoms with E-state index in [1.54, 1.807) is 6.07 Å². The molecule has 2 unspecified atom stereocenters. The Kier molecular flexibility index (Phi) is 4.56. The standard InChI is InChI=1S/C15H20O4/c1-10(17)15(18)19-14-4-2-3-12-9-11(7-8-16)5-6-13(12)14/h2-4,10-11,16-17H,5-9H2,1H3. The van der Waals surface area contributed by atoms with Crippen LogP contribution in [0.25, 0.3) is 0 Å². The van der Waals surface area contributed by atoms with E-state index >= 15 is 0 Å². The van der Waals surface area contributed by atoms with E-state index in [-0.39, 0.29) is 6.61 Å². The lowest BCUT2D eigenvalue weighted by Gasteiger charge is -2.25. The number of carbonyl (C=O) groups is 1. The van der Waals surface area contributed by atoms with Crippen LogP contribution < -0.4 is 4.74 Å². The van der Waals surface area contributed by atoms with Gasteiger partial charge in [-0.25, -0.2) is 4.79 Å². The molecule has 2 N–H and O–H groups in total. The molecular weight excluding hydrogens is 244 g/mol. The van der Waals surface area contributed by atoms with Crippen molar-refractivity contribution in [3.8, 4) is 5.75 Å². The molecule has 104 valence electrons. The zero-order chi connectivity index (χ0) is 13.8. The summed E-state index contributed by atoms with van der Waals surface area (Å²) in [6.45, 7) is 1.62. The molecule has 1 aromatic carbocycles. The highest BCUT2D eigenvalue weighted by molar-refractivity contribution is 5.77. The Labute approximate surface area is 113 Å². The summed E-state index contributed by atoms with van der Waals surface area (Å²) in [7, 11) is 0. The fourth-order valence-electron chi connectivity index (χ4n) is 2.57. The number of esters is 1. The summed E-state index contributed by atoms with van der Waals surface area (Å²) in [6.07, 6.45) is 2.47. The molecule has 1 aliphatic rings. The van der Waals surface area contributed by atoms with Gasteiger partial charge in [0.15, 0.2) is 0 Å². The molecule has 19 heavy (non-hydrogen) atoms. The number of carbonyl (C=O) groups excluding carboxylic acids is 1. The quantitative estimate of drug-likeness (QED) is 0.638. The Morgan fingerprint density at radius 2 is 2.32 bits per heavy atom. The van der Waals surface area contributed by atoms with Gasteiger partial charge in [-0.1, -0.05) is 12.1 Å². The second-order valence-electron chi connectivity index (χ2n) is 5.11. The Hall–Kier alpha value is -1.39. The van der Waals surface area contributed by atoms with Gasteiger partial charge in [-0.2, -0.15) is 0 Å². The SMILES string of the molecule is CC(O)C(=O)Oc1cccc2c1CCC(CCO)C2. The molecule has 1 aromatic rings. The Bertz CT molecular complexity index is 453. The minimum absolute atomic E-state index is 0.219. The number of rotatable bonds is 4. The van der Waals surface area contributed by atoms with Crippen molar-refractivity contribution < 1.29 is 19.7 Å². The third kappa shape index (κ3) is 3.33. The van der Waals surface area contributed by atoms with Gasteiger partial charge in [-0.05, 0) is 55.7 Å². The average molecular weight is 264 g/mol. The average Bonchev–Trinajstić information content (AvgIpc) is 2.39. The van der Waals surface area contributed by atoms with Crippen molar-refractivity contribution in [2.75, 3.05) is 6.61 Å². The van der Waals surface area contributed by atoms with E-state index < -0.39 is 12.1 Å². The van der Waals surface area contributed by atoms with Crippen molar-refractivity contribution in [2.45, 2.75) is 38.7 Å². The van der Waals surface area contributed by atoms with Crippen LogP contribution in [0.15, 0.2) is 18.2 Å². The van der Waals surface area contributed by atoms with Crippen molar-refractivity contribution in [1.29, 1.82) is 0 Å². The molecule has 0 radical (unpaired) electrons. The highest BCUT2D eigenvalue weighted by Gasteiger charge is 2.22. The summed E-state index contributed by atoms with van der Waals surface area (Å²) >= 11 is 0. The molecule has 0 heterocycles. The molecule has 0 bridgehead atoms. The normalized spacial score (nSPS) is 19.6. The number of hydrogen-bond acceptors (Lipinski definition) is 4. The highest BCUT2D eigenvalue weighted by Crippen LogP contribution is 2.33. The number of aliphatic hydroxyl groups excluding tert-OH is 2. The maximum Gasteiger partial charge on any atom is 0.340 e. The molecule has 0 amide bonds. The van der Waals surface area contributed by atoms with Gasteiger partial charge in [0, 0.05) is 6.61 Å². The first kappa shape index (κ1) is 14.0. The molecule has 0 saturated heterocycles. The van der Waals surface area contributed by atoms with E-state index in [2.05, 4.69) is 0 Å². The summed E-state index contributed by atoms with van der Waals surface area (Å²) in [4.78, 5) is 11.5. The number of fused-ring (bicyclic) bond motifs is 1. The third-order valence-electron chi connectivity index (χ3n) is 3.63. The monoisotopic (exact) mass is 264 g/mol. The molecule has 0 aliphatic heterocycles. The van der Waals surface area contributed by atoms with Gasteiger partial charge < -0.3 is 14.9 Å². The maximum atomic E-state index is 11.5. The van der Waals surface area contributed by atoms with Crippen molar-refractivity contribution in [3.63, 3.8) is 0 Å². The van der Waals surface area contributed by atoms with Gasteiger partial charge in [-0.3, -0.25) is 0 Å². The van der Waals surface area contributed by atoms with Crippen LogP contribution in [-0.4, -0.2) is 28.9 Å². The zero-order valence-corrected chi connectivity index (χ0v) is 11.1. The summed E-state index contributed by atoms with van der Waals surface area (Å²) in [6, 6.07) is 5.68. The third-order valence-corrected chi connectivity index (χ3v) is 3.63. The molecule has 2 atom stereocenters. The number of aliphatic hydroxyl groups is 2. The van der Waals surface area contributed by atoms with E-state index in [1.807, 2.05) is 12.1 Å². The number of ether oxygens (including phenoxy) is 1. The topological polar surface area (TPSA) is 66.8 Å². The molecule has 0 aromatic heterocycles. The first-order valence-corrected chi connectivity index (χ1v) is 6.73. The zero-order valence-electron chi connectivity index (χ0n) is 11.1. The predicted molar refractivity (Wildman–Crippen MR) is 71.0 cm³/mol. The highest BCUT2D eigenvalue weighted by atomic mass is 16.5. The van der Waals surface area contributed by atoms with Gasteiger partial charge >= 0.3 is 5.97 Å². The molecular formula is C15H20O4. The van der Waals surface area contributed by atoms with E-state index in [4.69, 9.17) is 9.84 Å². The molecule has 0 saturated carbocycles. The van der Waals surface area contributed by atoms with Gasteiger partial charge in [-0.15, -0.1) is 0 Å². The van der Waals surface area contributed by atoms with Crippen LogP contribution in [0.3, 0.4) is 0 Å². The lowest BCUT2D eigenvalue weighted by Crippen LogP contribution is -2.24. The van der Waals surface area contributed by atoms with E-state index in [0.29, 0.717) is 11.7 Å². The van der Waals surface area contributed by atoms with Crippen LogP contribution in [0, 0.1) is 5.92 Å². The number of benzene rings is 1. The van der Waals surface area contributed by atoms with Gasteiger partial charge in [0.05, 0.1) is 0 Å². The van der Waals surface area contributed by atoms with Crippen molar-refractivity contribution in [1.82, 2.24) is 0 Å². The van der Waals surface area contributed by atoms with Crippen LogP contribution >= 0.6 is 0 Å². The summed E-state index contributed by atoms with van der Waals surface area (Å²) in [5.41, 5.74) is 2.24. The van der Waals surface area contributed by atoms with Crippen LogP contribution in [0.5, 0.6) is 5.75 Å². The van der Waals surface area contributed by atoms with Crippen molar-refractivity contribution in [2.24, 2.45) is 5.92 Å². The fraction of sp³-hybridized carbons (Fsp3) is 0.533. The molecule has 4 nitrogen and oxygen atoms in total. The van der Waals surface area contributed by atoms with E-state index in [9.17, 15) is 9.90 Å². The Balaban J connectivity index is 2.16. The van der Waals surface area contributed by atoms with Crippen molar-refractivity contribution in [3.05, 3.63) is 29.3 Å². The Morgan fingerprint density at radius 1 is 1.53 bits per heavy atom. The minimum Gasteiger partial charge on any atom is -0.424 e. The maximum absolute atomic E-state index is 11.5. The van der Waals surface area contributed by atoms with Crippen LogP contribution in [0.4, 0.5) is 0 Å². The second kappa shape index (κ2) is 6.17. The lowest BCUT2D eigenvalue weighted by molar-refractivity contribution is -0.142. The van der Waals surface area contributed by atoms with Crippen LogP contribution in [-0.2, 0) is 17.6 Å². The van der Waals surface area contributed by atoms with Crippen LogP contribution in [0.1, 0.15) is 30.9 Å². The number of hydrogen-bond donors (Lipinski definition) is 2. The fourth-order valence-corrected chi connectivity index (χ4v) is 2.57. The van der Waals surface area contributed by atoms with E-state index in [1.165, 1.54) is 12.5 Å². The Morgan fingerprint density at radius 3 is 3.00 bits per heavy atom. The lowest BCUT2D eigenvalue weighted by atomic mass is 9.82. The molecule has 1 aliphatic carbocycles. The smallest absolute Gasteiger partial charge is 0.340 e. The molecule has 2 rings (SSSR count). The van der Waals surface area contributed by atoms with Crippen molar-refractivity contribution >= 4 is 5.97 Å². The van der Waals surface area contributed by atoms with Crippen LogP contribution in [0.2, 0.25) is 0 Å². The molecule has 4 heteroatoms. The summed E-state index contributed by atoms with van der Waals surface area (Å²) < 4.78 is 5.23. The predicted octanol–water partition coefficient (Wildman–Crippen LogP) is 1.46. The largest absolute Gasteiger partial charge is 0.424 e. The van der Waals surface area contributed by atoms with Gasteiger partial charge in [0.2, 0.25) is 0 Å². The van der Waals surface area contributed by atoms with Gasteiger partial charge in [0.25, 0.3) is 0 Å². The first-order valence-electron chi connectivity index (χ1n) is 6.73. The second-order valence-corrected chi connectivity index (χ2v) is 5.11. The van der Waals surface area contributed by atoms with Gasteiger partial charge in [0.1, 0.15) is 11.9 Å². The minimum atomic E-state index is -1.11. The first-order chi connectivity index (χ1) is 9.11.